The molecule has 8 heteroatoms. The average Bonchev–Trinajstić information content (AvgIpc) is 3.00. The Bertz CT molecular complexity index is 1160. The predicted octanol–water partition coefficient (Wildman–Crippen LogP) is 8.29. The summed E-state index contributed by atoms with van der Waals surface area (Å²) >= 11 is 0. The number of nitrogens with one attached hydrogen (secondary N) is 2. The number of amides is 2. The van der Waals surface area contributed by atoms with Gasteiger partial charge in [0.1, 0.15) is 6.42 Å². The topological polar surface area (TPSA) is 111 Å². The van der Waals surface area contributed by atoms with Gasteiger partial charge in [0.25, 0.3) is 0 Å². The Kier molecular flexibility index (Phi) is 17.3. The zero-order valence-electron chi connectivity index (χ0n) is 29.7. The maximum absolute atomic E-state index is 13.1. The van der Waals surface area contributed by atoms with Crippen molar-refractivity contribution in [2.75, 3.05) is 0 Å². The molecular weight excluding hydrogens is 592 g/mol. The lowest BCUT2D eigenvalue weighted by molar-refractivity contribution is -0.175. The van der Waals surface area contributed by atoms with Gasteiger partial charge in [-0.05, 0) is 50.7 Å². The van der Waals surface area contributed by atoms with Gasteiger partial charge in [0.05, 0.1) is 0 Å². The smallest absolute Gasteiger partial charge is 0.319 e. The monoisotopic (exact) mass is 650 g/mol. The highest BCUT2D eigenvalue weighted by atomic mass is 16.6. The molecule has 0 radical (unpaired) electrons. The average molecular weight is 651 g/mol. The van der Waals surface area contributed by atoms with Crippen molar-refractivity contribution in [2.24, 2.45) is 0 Å². The summed E-state index contributed by atoms with van der Waals surface area (Å²) in [6.07, 6.45) is 15.8. The minimum absolute atomic E-state index is 0.391. The predicted molar refractivity (Wildman–Crippen MR) is 186 cm³/mol. The van der Waals surface area contributed by atoms with Gasteiger partial charge in [0, 0.05) is 25.0 Å². The van der Waals surface area contributed by atoms with E-state index in [0.29, 0.717) is 11.1 Å². The number of esters is 2. The molecule has 2 amide bonds. The minimum atomic E-state index is -1.49. The third kappa shape index (κ3) is 14.7. The molecule has 47 heavy (non-hydrogen) atoms. The van der Waals surface area contributed by atoms with E-state index in [1.807, 2.05) is 48.5 Å². The van der Waals surface area contributed by atoms with E-state index >= 15 is 0 Å². The number of unbranched alkanes of at least 4 members (excludes halogenated alkanes) is 10. The normalized spacial score (nSPS) is 13.6. The number of aryl methyl sites for hydroxylation is 2. The van der Waals surface area contributed by atoms with Crippen molar-refractivity contribution in [1.82, 2.24) is 10.6 Å². The van der Waals surface area contributed by atoms with E-state index in [9.17, 15) is 19.2 Å². The van der Waals surface area contributed by atoms with Crippen LogP contribution in [0.4, 0.5) is 0 Å². The van der Waals surface area contributed by atoms with Crippen LogP contribution in [0, 0.1) is 0 Å². The summed E-state index contributed by atoms with van der Waals surface area (Å²) < 4.78 is 11.4. The highest BCUT2D eigenvalue weighted by molar-refractivity contribution is 5.92. The van der Waals surface area contributed by atoms with Crippen LogP contribution in [0.1, 0.15) is 147 Å². The van der Waals surface area contributed by atoms with Gasteiger partial charge in [-0.15, -0.1) is 0 Å². The molecule has 2 N–H and O–H groups in total. The standard InChI is InChI=1S/C39H58N2O6/c1-7-9-11-13-15-17-19-32-21-25-34(26-22-32)38(5,40-30(3)42)46-36(44)29-37(45)47-39(6,41-31(4)43)35-27-23-33(24-28-35)20-18-16-14-12-10-8-2/h21-28H,7-20,29H2,1-6H3,(H,40,42)(H,41,43). The Morgan fingerprint density at radius 2 is 0.851 bits per heavy atom. The zero-order chi connectivity index (χ0) is 34.7. The lowest BCUT2D eigenvalue weighted by atomic mass is 9.99. The molecule has 0 aliphatic heterocycles. The summed E-state index contributed by atoms with van der Waals surface area (Å²) in [5.41, 5.74) is 0.494. The molecule has 0 saturated carbocycles. The van der Waals surface area contributed by atoms with E-state index < -0.39 is 41.6 Å². The summed E-state index contributed by atoms with van der Waals surface area (Å²) in [6, 6.07) is 15.2. The fourth-order valence-corrected chi connectivity index (χ4v) is 5.83. The largest absolute Gasteiger partial charge is 0.434 e. The van der Waals surface area contributed by atoms with Crippen LogP contribution in [0.25, 0.3) is 0 Å². The van der Waals surface area contributed by atoms with Crippen molar-refractivity contribution in [1.29, 1.82) is 0 Å². The van der Waals surface area contributed by atoms with E-state index in [1.165, 1.54) is 78.1 Å². The van der Waals surface area contributed by atoms with Crippen LogP contribution in [-0.4, -0.2) is 23.8 Å². The van der Waals surface area contributed by atoms with E-state index in [4.69, 9.17) is 9.47 Å². The van der Waals surface area contributed by atoms with Crippen molar-refractivity contribution in [3.05, 3.63) is 70.8 Å². The lowest BCUT2D eigenvalue weighted by Crippen LogP contribution is -2.47. The highest BCUT2D eigenvalue weighted by Gasteiger charge is 2.36. The first-order chi connectivity index (χ1) is 22.4. The van der Waals surface area contributed by atoms with Gasteiger partial charge < -0.3 is 20.1 Å². The van der Waals surface area contributed by atoms with Gasteiger partial charge in [-0.2, -0.15) is 0 Å². The molecule has 2 rings (SSSR count). The Hall–Kier alpha value is -3.68. The molecule has 2 aromatic rings. The Labute approximate surface area is 282 Å². The third-order valence-corrected chi connectivity index (χ3v) is 8.40. The molecule has 0 aromatic heterocycles. The quantitative estimate of drug-likeness (QED) is 0.0574. The maximum Gasteiger partial charge on any atom is 0.319 e. The summed E-state index contributed by atoms with van der Waals surface area (Å²) in [4.78, 5) is 50.3. The molecule has 260 valence electrons. The summed E-state index contributed by atoms with van der Waals surface area (Å²) in [7, 11) is 0. The number of hydrogen-bond donors (Lipinski definition) is 2. The summed E-state index contributed by atoms with van der Waals surface area (Å²) in [6.45, 7) is 10.3. The van der Waals surface area contributed by atoms with Gasteiger partial charge in [-0.1, -0.05) is 127 Å². The molecule has 2 aromatic carbocycles. The Balaban J connectivity index is 2.04. The third-order valence-electron chi connectivity index (χ3n) is 8.40. The molecule has 2 unspecified atom stereocenters. The first kappa shape index (κ1) is 39.5. The fourth-order valence-electron chi connectivity index (χ4n) is 5.83. The van der Waals surface area contributed by atoms with Crippen LogP contribution in [0.15, 0.2) is 48.5 Å². The first-order valence-corrected chi connectivity index (χ1v) is 17.6. The minimum Gasteiger partial charge on any atom is -0.434 e. The lowest BCUT2D eigenvalue weighted by Gasteiger charge is -2.32. The van der Waals surface area contributed by atoms with Crippen molar-refractivity contribution >= 4 is 23.8 Å². The van der Waals surface area contributed by atoms with Gasteiger partial charge in [-0.25, -0.2) is 0 Å². The molecule has 0 fully saturated rings. The fraction of sp³-hybridized carbons (Fsp3) is 0.590. The molecule has 8 nitrogen and oxygen atoms in total. The van der Waals surface area contributed by atoms with Gasteiger partial charge in [0.2, 0.25) is 23.3 Å². The van der Waals surface area contributed by atoms with Gasteiger partial charge in [-0.3, -0.25) is 19.2 Å². The highest BCUT2D eigenvalue weighted by Crippen LogP contribution is 2.27. The van der Waals surface area contributed by atoms with E-state index in [2.05, 4.69) is 24.5 Å². The molecule has 0 aliphatic carbocycles. The van der Waals surface area contributed by atoms with Crippen LogP contribution < -0.4 is 10.6 Å². The summed E-state index contributed by atoms with van der Waals surface area (Å²) in [5.74, 6) is -2.53. The second-order valence-electron chi connectivity index (χ2n) is 13.0. The summed E-state index contributed by atoms with van der Waals surface area (Å²) in [5, 5.41) is 5.42. The zero-order valence-corrected chi connectivity index (χ0v) is 29.7. The molecule has 0 saturated heterocycles. The first-order valence-electron chi connectivity index (χ1n) is 17.6. The van der Waals surface area contributed by atoms with Crippen molar-refractivity contribution in [2.45, 2.75) is 149 Å². The van der Waals surface area contributed by atoms with Crippen LogP contribution in [0.5, 0.6) is 0 Å². The van der Waals surface area contributed by atoms with Crippen LogP contribution in [-0.2, 0) is 52.9 Å². The second-order valence-corrected chi connectivity index (χ2v) is 13.0. The van der Waals surface area contributed by atoms with Crippen molar-refractivity contribution < 1.29 is 28.7 Å². The van der Waals surface area contributed by atoms with E-state index in [-0.39, 0.29) is 0 Å². The van der Waals surface area contributed by atoms with Crippen molar-refractivity contribution in [3.63, 3.8) is 0 Å². The number of carbonyl (C=O) groups is 4. The number of carbonyl (C=O) groups excluding carboxylic acids is 4. The molecule has 0 heterocycles. The van der Waals surface area contributed by atoms with Crippen molar-refractivity contribution in [3.8, 4) is 0 Å². The van der Waals surface area contributed by atoms with E-state index in [1.54, 1.807) is 13.8 Å². The van der Waals surface area contributed by atoms with Crippen LogP contribution >= 0.6 is 0 Å². The molecule has 0 aliphatic rings. The molecular formula is C39H58N2O6. The van der Waals surface area contributed by atoms with Gasteiger partial charge >= 0.3 is 11.9 Å². The number of hydrogen-bond acceptors (Lipinski definition) is 6. The molecule has 2 atom stereocenters. The van der Waals surface area contributed by atoms with Crippen LogP contribution in [0.3, 0.4) is 0 Å². The van der Waals surface area contributed by atoms with Crippen LogP contribution in [0.2, 0.25) is 0 Å². The maximum atomic E-state index is 13.1. The van der Waals surface area contributed by atoms with E-state index in [0.717, 1.165) is 36.8 Å². The van der Waals surface area contributed by atoms with Gasteiger partial charge in [0.15, 0.2) is 0 Å². The number of benzene rings is 2. The Morgan fingerprint density at radius 1 is 0.532 bits per heavy atom. The molecule has 0 bridgehead atoms. The second kappa shape index (κ2) is 20.5. The SMILES string of the molecule is CCCCCCCCc1ccc(C(C)(NC(C)=O)OC(=O)CC(=O)OC(C)(NC(C)=O)c2ccc(CCCCCCCC)cc2)cc1. The number of ether oxygens (including phenoxy) is 2. The molecule has 0 spiro atoms. The Morgan fingerprint density at radius 3 is 1.17 bits per heavy atom. The number of rotatable bonds is 22.